The Morgan fingerprint density at radius 2 is 1.38 bits per heavy atom. The topological polar surface area (TPSA) is 58.3 Å². The van der Waals surface area contributed by atoms with E-state index in [9.17, 15) is 0 Å². The van der Waals surface area contributed by atoms with Crippen molar-refractivity contribution in [3.8, 4) is 0 Å². The number of benzene rings is 4. The maximum Gasteiger partial charge on any atom is 0.210 e. The average molecular weight is 912 g/mol. The van der Waals surface area contributed by atoms with Gasteiger partial charge in [-0.25, -0.2) is 0 Å². The molecule has 2 aliphatic heterocycles. The zero-order valence-corrected chi connectivity index (χ0v) is 36.5. The first-order chi connectivity index (χ1) is 23.7. The Morgan fingerprint density at radius 3 is 2.06 bits per heavy atom. The van der Waals surface area contributed by atoms with Gasteiger partial charge in [0.25, 0.3) is 0 Å². The van der Waals surface area contributed by atoms with Crippen LogP contribution in [0.5, 0.6) is 0 Å². The zero-order valence-electron chi connectivity index (χ0n) is 30.7. The Hall–Kier alpha value is -2.52. The van der Waals surface area contributed by atoms with Gasteiger partial charge in [0.15, 0.2) is 12.3 Å². The summed E-state index contributed by atoms with van der Waals surface area (Å²) in [5.41, 5.74) is 22.1. The Bertz CT molecular complexity index is 2110. The number of rotatable bonds is 9. The molecule has 0 saturated carbocycles. The number of nitrogens with zero attached hydrogens (tertiary/aromatic N) is 2. The molecule has 0 radical (unpaired) electrons. The predicted octanol–water partition coefficient (Wildman–Crippen LogP) is 8.07. The van der Waals surface area contributed by atoms with Crippen LogP contribution in [0.15, 0.2) is 119 Å². The molecule has 8 heteroatoms. The third-order valence-electron chi connectivity index (χ3n) is 11.0. The number of hydrogen-bond donors (Lipinski definition) is 2. The lowest BCUT2D eigenvalue weighted by atomic mass is 9.78. The van der Waals surface area contributed by atoms with Crippen molar-refractivity contribution >= 4 is 84.2 Å². The molecular weight excluding hydrogens is 860 g/mol. The number of fused-ring (bicyclic) bond motifs is 6. The van der Waals surface area contributed by atoms with Crippen molar-refractivity contribution in [2.45, 2.75) is 70.6 Å². The average Bonchev–Trinajstić information content (AvgIpc) is 3.46. The maximum atomic E-state index is 7.30. The van der Waals surface area contributed by atoms with E-state index >= 15 is 0 Å². The fourth-order valence-corrected chi connectivity index (χ4v) is 8.93. The van der Waals surface area contributed by atoms with E-state index in [0.717, 1.165) is 50.2 Å². The molecule has 52 heavy (non-hydrogen) atoms. The van der Waals surface area contributed by atoms with Crippen LogP contribution in [-0.4, -0.2) is 36.5 Å². The van der Waals surface area contributed by atoms with Gasteiger partial charge in [0.05, 0.1) is 5.41 Å². The molecule has 4 N–H and O–H groups in total. The molecule has 4 aromatic rings. The molecule has 7 rings (SSSR count). The summed E-state index contributed by atoms with van der Waals surface area (Å²) in [6, 6.07) is 26.6. The fraction of sp³-hybridized carbons (Fsp3) is 0.341. The first-order valence-corrected chi connectivity index (χ1v) is 18.4. The van der Waals surface area contributed by atoms with Crippen molar-refractivity contribution in [3.63, 3.8) is 0 Å². The van der Waals surface area contributed by atoms with Crippen LogP contribution in [0.1, 0.15) is 70.9 Å². The molecule has 0 atom stereocenters. The van der Waals surface area contributed by atoms with Gasteiger partial charge in [-0.2, -0.15) is 4.58 Å². The fourth-order valence-electron chi connectivity index (χ4n) is 8.62. The summed E-state index contributed by atoms with van der Waals surface area (Å²) < 4.78 is 2.49. The Balaban J connectivity index is 0.00000202. The van der Waals surface area contributed by atoms with Crippen molar-refractivity contribution < 1.29 is 21.6 Å². The molecule has 4 aromatic carbocycles. The van der Waals surface area contributed by atoms with Gasteiger partial charge >= 0.3 is 0 Å². The molecule has 0 saturated heterocycles. The summed E-state index contributed by atoms with van der Waals surface area (Å²) in [5.74, 6) is 0. The summed E-state index contributed by atoms with van der Waals surface area (Å²) in [5, 5.41) is 6.10. The molecule has 276 valence electrons. The predicted molar refractivity (Wildman–Crippen MR) is 231 cm³/mol. The summed E-state index contributed by atoms with van der Waals surface area (Å²) >= 11 is 7.30. The second-order valence-electron chi connectivity index (χ2n) is 14.9. The summed E-state index contributed by atoms with van der Waals surface area (Å²) in [4.78, 5) is 2.49. The van der Waals surface area contributed by atoms with Crippen molar-refractivity contribution in [1.29, 1.82) is 0 Å². The molecule has 4 nitrogen and oxygen atoms in total. The maximum absolute atomic E-state index is 7.30. The second-order valence-corrected chi connectivity index (χ2v) is 15.2. The van der Waals surface area contributed by atoms with Crippen molar-refractivity contribution in [2.75, 3.05) is 31.1 Å². The van der Waals surface area contributed by atoms with Gasteiger partial charge < -0.3 is 33.3 Å². The zero-order chi connectivity index (χ0) is 34.3. The van der Waals surface area contributed by atoms with Crippen LogP contribution >= 0.6 is 45.6 Å². The number of anilines is 1. The van der Waals surface area contributed by atoms with Gasteiger partial charge in [-0.15, -0.1) is 34.0 Å². The van der Waals surface area contributed by atoms with E-state index in [-0.39, 0.29) is 61.8 Å². The minimum atomic E-state index is -0.160. The van der Waals surface area contributed by atoms with Gasteiger partial charge in [0.2, 0.25) is 5.69 Å². The molecular formula is C44H52Br3ClN4. The largest absolute Gasteiger partial charge is 1.00 e. The Labute approximate surface area is 346 Å². The highest BCUT2D eigenvalue weighted by Gasteiger charge is 2.45. The lowest BCUT2D eigenvalue weighted by Gasteiger charge is -2.27. The van der Waals surface area contributed by atoms with Crippen molar-refractivity contribution in [2.24, 2.45) is 11.5 Å². The quantitative estimate of drug-likeness (QED) is 0.167. The number of allylic oxidation sites excluding steroid dienone is 8. The van der Waals surface area contributed by atoms with Gasteiger partial charge in [-0.05, 0) is 109 Å². The summed E-state index contributed by atoms with van der Waals surface area (Å²) in [6.07, 6.45) is 14.1. The van der Waals surface area contributed by atoms with Crippen molar-refractivity contribution in [1.82, 2.24) is 0 Å². The molecule has 0 amide bonds. The smallest absolute Gasteiger partial charge is 0.210 e. The standard InChI is InChI=1S/C44H50ClN4.3BrH/c1-43(2)38(48(28-10-26-46)36-22-18-30-12-5-7-16-34(30)40(36)43)24-20-32-14-9-15-33(42(32)45)21-25-39-44(3,4)41-35-17-8-6-13-31(35)19-23-37(41)49(39)29-11-27-47;;;/h5-8,12-13,16-25H,9-11,14-15,26-29,46-47H2,1-4H3;3*1H/q+1;;;/p-1. The van der Waals surface area contributed by atoms with Gasteiger partial charge in [0, 0.05) is 52.5 Å². The van der Waals surface area contributed by atoms with Crippen LogP contribution < -0.4 is 33.3 Å². The Kier molecular flexibility index (Phi) is 14.0. The minimum absolute atomic E-state index is 0. The van der Waals surface area contributed by atoms with E-state index in [1.165, 1.54) is 66.6 Å². The third-order valence-corrected chi connectivity index (χ3v) is 11.5. The van der Waals surface area contributed by atoms with Crippen LogP contribution in [0.4, 0.5) is 11.4 Å². The Morgan fingerprint density at radius 1 is 0.750 bits per heavy atom. The van der Waals surface area contributed by atoms with Crippen molar-refractivity contribution in [3.05, 3.63) is 130 Å². The normalized spacial score (nSPS) is 18.9. The summed E-state index contributed by atoms with van der Waals surface area (Å²) in [6.45, 7) is 12.5. The summed E-state index contributed by atoms with van der Waals surface area (Å²) in [7, 11) is 0. The first-order valence-electron chi connectivity index (χ1n) is 18.0. The molecule has 0 spiro atoms. The number of nitrogens with two attached hydrogens (primary N) is 2. The van der Waals surface area contributed by atoms with E-state index in [1.54, 1.807) is 0 Å². The van der Waals surface area contributed by atoms with E-state index in [1.807, 2.05) is 0 Å². The number of hydrogen-bond acceptors (Lipinski definition) is 3. The monoisotopic (exact) mass is 908 g/mol. The molecule has 2 heterocycles. The van der Waals surface area contributed by atoms with E-state index < -0.39 is 0 Å². The van der Waals surface area contributed by atoms with E-state index in [2.05, 4.69) is 134 Å². The van der Waals surface area contributed by atoms with E-state index in [0.29, 0.717) is 13.1 Å². The molecule has 0 unspecified atom stereocenters. The lowest BCUT2D eigenvalue weighted by molar-refractivity contribution is -0.437. The van der Waals surface area contributed by atoms with Crippen LogP contribution in [0, 0.1) is 0 Å². The SMILES string of the molecule is Br.Br.CC1(C)C(=CC=C2CCCC(C=CC3=[N+](CCCN)c4ccc5ccccc5c4C3(C)C)=C2Cl)N(CCCN)c2ccc3ccccc3c21.[Br-]. The van der Waals surface area contributed by atoms with Gasteiger partial charge in [0.1, 0.15) is 0 Å². The molecule has 3 aliphatic rings. The van der Waals surface area contributed by atoms with E-state index in [4.69, 9.17) is 23.1 Å². The van der Waals surface area contributed by atoms with Crippen LogP contribution in [-0.2, 0) is 10.8 Å². The lowest BCUT2D eigenvalue weighted by Crippen LogP contribution is -3.00. The second kappa shape index (κ2) is 17.3. The highest BCUT2D eigenvalue weighted by Crippen LogP contribution is 2.51. The highest BCUT2D eigenvalue weighted by molar-refractivity contribution is 8.93. The van der Waals surface area contributed by atoms with Crippen LogP contribution in [0.25, 0.3) is 21.5 Å². The molecule has 0 bridgehead atoms. The highest BCUT2D eigenvalue weighted by atomic mass is 79.9. The molecule has 0 fully saturated rings. The number of halogens is 4. The van der Waals surface area contributed by atoms with Crippen LogP contribution in [0.3, 0.4) is 0 Å². The minimum Gasteiger partial charge on any atom is -1.00 e. The van der Waals surface area contributed by atoms with Gasteiger partial charge in [-0.3, -0.25) is 0 Å². The molecule has 0 aromatic heterocycles. The molecule has 1 aliphatic carbocycles. The van der Waals surface area contributed by atoms with Gasteiger partial charge in [-0.1, -0.05) is 92.2 Å². The first kappa shape index (κ1) is 42.2. The van der Waals surface area contributed by atoms with Crippen LogP contribution in [0.2, 0.25) is 0 Å². The third kappa shape index (κ3) is 7.43.